The van der Waals surface area contributed by atoms with Crippen LogP contribution in [0.4, 0.5) is 0 Å². The normalized spacial score (nSPS) is 9.77. The Balaban J connectivity index is 2.70. The topological polar surface area (TPSA) is 28.1 Å². The van der Waals surface area contributed by atoms with E-state index in [-0.39, 0.29) is 0 Å². The molecule has 0 fully saturated rings. The summed E-state index contributed by atoms with van der Waals surface area (Å²) in [4.78, 5) is 0.973. The molecule has 0 aliphatic rings. The Morgan fingerprint density at radius 2 is 1.77 bits per heavy atom. The maximum absolute atomic E-state index is 8.47. The number of hydrogen-bond donors (Lipinski definition) is 0. The number of nitrogens with zero attached hydrogens (tertiary/aromatic N) is 2. The lowest BCUT2D eigenvalue weighted by Gasteiger charge is -1.96. The Hall–Kier alpha value is -1.53. The first-order valence-corrected chi connectivity index (χ1v) is 4.68. The SMILES string of the molecule is N#[N+]Sc1cccc2ccccc12. The Morgan fingerprint density at radius 3 is 2.62 bits per heavy atom. The first-order valence-electron chi connectivity index (χ1n) is 3.91. The molecule has 0 amide bonds. The smallest absolute Gasteiger partial charge is 0.0616 e. The summed E-state index contributed by atoms with van der Waals surface area (Å²) in [6, 6.07) is 14.0. The van der Waals surface area contributed by atoms with Crippen LogP contribution in [-0.2, 0) is 0 Å². The number of fused-ring (bicyclic) bond motifs is 1. The molecule has 0 spiro atoms. The second-order valence-corrected chi connectivity index (χ2v) is 3.44. The molecule has 2 aromatic carbocycles. The molecular weight excluding hydrogens is 180 g/mol. The van der Waals surface area contributed by atoms with E-state index in [9.17, 15) is 0 Å². The van der Waals surface area contributed by atoms with Crippen molar-refractivity contribution in [3.05, 3.63) is 46.8 Å². The minimum Gasteiger partial charge on any atom is -0.0616 e. The van der Waals surface area contributed by atoms with Gasteiger partial charge in [0.25, 0.3) is 0 Å². The van der Waals surface area contributed by atoms with Crippen molar-refractivity contribution in [3.8, 4) is 0 Å². The third-order valence-electron chi connectivity index (χ3n) is 1.89. The average Bonchev–Trinajstić information content (AvgIpc) is 2.19. The molecule has 0 aromatic heterocycles. The molecule has 0 unspecified atom stereocenters. The first kappa shape index (κ1) is 8.09. The predicted molar refractivity (Wildman–Crippen MR) is 54.9 cm³/mol. The van der Waals surface area contributed by atoms with Crippen molar-refractivity contribution in [2.45, 2.75) is 4.90 Å². The first-order chi connectivity index (χ1) is 6.42. The molecule has 0 aliphatic carbocycles. The zero-order valence-electron chi connectivity index (χ0n) is 6.84. The molecule has 0 saturated heterocycles. The van der Waals surface area contributed by atoms with Gasteiger partial charge in [-0.1, -0.05) is 36.4 Å². The van der Waals surface area contributed by atoms with Crippen molar-refractivity contribution < 1.29 is 0 Å². The van der Waals surface area contributed by atoms with Gasteiger partial charge >= 0.3 is 11.9 Å². The molecule has 0 atom stereocenters. The van der Waals surface area contributed by atoms with Crippen LogP contribution in [0, 0.1) is 5.39 Å². The summed E-state index contributed by atoms with van der Waals surface area (Å²) in [5.74, 6) is 0. The molecule has 0 radical (unpaired) electrons. The number of hydrogen-bond acceptors (Lipinski definition) is 2. The van der Waals surface area contributed by atoms with Crippen molar-refractivity contribution in [2.75, 3.05) is 0 Å². The summed E-state index contributed by atoms with van der Waals surface area (Å²) in [6.07, 6.45) is 0. The highest BCUT2D eigenvalue weighted by atomic mass is 32.2. The van der Waals surface area contributed by atoms with Crippen molar-refractivity contribution >= 4 is 22.7 Å². The fourth-order valence-corrected chi connectivity index (χ4v) is 1.83. The van der Waals surface area contributed by atoms with Gasteiger partial charge in [0.1, 0.15) is 4.90 Å². The van der Waals surface area contributed by atoms with Crippen LogP contribution in [0.2, 0.25) is 0 Å². The Bertz CT molecular complexity index is 468. The molecule has 2 nitrogen and oxygen atoms in total. The minimum atomic E-state index is 0.973. The van der Waals surface area contributed by atoms with Crippen LogP contribution in [0.15, 0.2) is 47.4 Å². The standard InChI is InChI=1S/C10H7N2S/c11-12-13-10-7-3-5-8-4-1-2-6-9(8)10/h1-7H/q+1. The van der Waals surface area contributed by atoms with Crippen LogP contribution < -0.4 is 0 Å². The van der Waals surface area contributed by atoms with E-state index in [0.717, 1.165) is 27.6 Å². The molecule has 3 heteroatoms. The fraction of sp³-hybridized carbons (Fsp3) is 0. The van der Waals surface area contributed by atoms with Gasteiger partial charge in [-0.25, -0.2) is 0 Å². The number of diazo groups is 1. The third-order valence-corrected chi connectivity index (χ3v) is 2.52. The van der Waals surface area contributed by atoms with E-state index < -0.39 is 0 Å². The molecule has 0 heterocycles. The lowest BCUT2D eigenvalue weighted by molar-refractivity contribution is 1.50. The lowest BCUT2D eigenvalue weighted by atomic mass is 10.1. The van der Waals surface area contributed by atoms with Gasteiger partial charge in [-0.05, 0) is 11.5 Å². The molecule has 0 N–H and O–H groups in total. The van der Waals surface area contributed by atoms with Gasteiger partial charge in [0.15, 0.2) is 0 Å². The van der Waals surface area contributed by atoms with E-state index in [2.05, 4.69) is 4.38 Å². The molecule has 62 valence electrons. The van der Waals surface area contributed by atoms with Crippen LogP contribution in [0.3, 0.4) is 0 Å². The molecule has 0 aliphatic heterocycles. The predicted octanol–water partition coefficient (Wildman–Crippen LogP) is 3.70. The summed E-state index contributed by atoms with van der Waals surface area (Å²) in [5, 5.41) is 10.7. The second-order valence-electron chi connectivity index (χ2n) is 2.65. The highest BCUT2D eigenvalue weighted by Gasteiger charge is 2.08. The number of rotatable bonds is 1. The quantitative estimate of drug-likeness (QED) is 0.503. The van der Waals surface area contributed by atoms with E-state index in [4.69, 9.17) is 5.39 Å². The summed E-state index contributed by atoms with van der Waals surface area (Å²) in [5.41, 5.74) is 0. The van der Waals surface area contributed by atoms with Crippen molar-refractivity contribution in [2.24, 2.45) is 0 Å². The maximum atomic E-state index is 8.47. The maximum Gasteiger partial charge on any atom is 0.396 e. The van der Waals surface area contributed by atoms with Crippen LogP contribution in [-0.4, -0.2) is 0 Å². The summed E-state index contributed by atoms with van der Waals surface area (Å²) in [6.45, 7) is 0. The van der Waals surface area contributed by atoms with E-state index in [1.165, 1.54) is 0 Å². The van der Waals surface area contributed by atoms with Gasteiger partial charge in [-0.3, -0.25) is 0 Å². The van der Waals surface area contributed by atoms with Crippen molar-refractivity contribution in [1.82, 2.24) is 0 Å². The van der Waals surface area contributed by atoms with Gasteiger partial charge in [-0.2, -0.15) is 0 Å². The second kappa shape index (κ2) is 3.46. The van der Waals surface area contributed by atoms with Gasteiger partial charge in [-0.15, -0.1) is 0 Å². The van der Waals surface area contributed by atoms with Crippen LogP contribution in [0.25, 0.3) is 15.2 Å². The zero-order chi connectivity index (χ0) is 9.10. The summed E-state index contributed by atoms with van der Waals surface area (Å²) >= 11 is 1.09. The minimum absolute atomic E-state index is 0.973. The van der Waals surface area contributed by atoms with Crippen molar-refractivity contribution in [1.29, 1.82) is 5.39 Å². The fourth-order valence-electron chi connectivity index (χ4n) is 1.32. The van der Waals surface area contributed by atoms with Gasteiger partial charge in [0, 0.05) is 5.39 Å². The zero-order valence-corrected chi connectivity index (χ0v) is 7.66. The molecule has 2 aromatic rings. The summed E-state index contributed by atoms with van der Waals surface area (Å²) < 4.78 is 3.07. The van der Waals surface area contributed by atoms with E-state index in [0.29, 0.717) is 0 Å². The largest absolute Gasteiger partial charge is 0.396 e. The third kappa shape index (κ3) is 1.49. The Morgan fingerprint density at radius 1 is 1.00 bits per heavy atom. The summed E-state index contributed by atoms with van der Waals surface area (Å²) in [7, 11) is 0. The van der Waals surface area contributed by atoms with Crippen LogP contribution >= 0.6 is 11.9 Å². The number of benzene rings is 2. The van der Waals surface area contributed by atoms with Crippen molar-refractivity contribution in [3.63, 3.8) is 0 Å². The van der Waals surface area contributed by atoms with Crippen LogP contribution in [0.5, 0.6) is 0 Å². The molecule has 0 bridgehead atoms. The lowest BCUT2D eigenvalue weighted by Crippen LogP contribution is -1.74. The highest BCUT2D eigenvalue weighted by Crippen LogP contribution is 2.27. The molecule has 0 saturated carbocycles. The van der Waals surface area contributed by atoms with E-state index in [1.54, 1.807) is 0 Å². The van der Waals surface area contributed by atoms with Crippen LogP contribution in [0.1, 0.15) is 0 Å². The average molecular weight is 187 g/mol. The van der Waals surface area contributed by atoms with E-state index in [1.807, 2.05) is 42.5 Å². The molecular formula is C10H7N2S+. The van der Waals surface area contributed by atoms with Gasteiger partial charge in [0.05, 0.1) is 0 Å². The Labute approximate surface area is 80.3 Å². The van der Waals surface area contributed by atoms with Gasteiger partial charge in [0.2, 0.25) is 9.77 Å². The molecule has 13 heavy (non-hydrogen) atoms. The van der Waals surface area contributed by atoms with E-state index >= 15 is 0 Å². The molecule has 2 rings (SSSR count). The van der Waals surface area contributed by atoms with Gasteiger partial charge < -0.3 is 0 Å². The monoisotopic (exact) mass is 187 g/mol. The highest BCUT2D eigenvalue weighted by molar-refractivity contribution is 8.01. The Kier molecular flexibility index (Phi) is 2.15.